The molecular weight excluding hydrogens is 378 g/mol. The molecule has 1 saturated heterocycles. The highest BCUT2D eigenvalue weighted by Gasteiger charge is 2.34. The number of rotatable bonds is 8. The number of carbonyl (C=O) groups excluding carboxylic acids is 3. The fraction of sp³-hybridized carbons (Fsp3) is 0.625. The fourth-order valence-corrected chi connectivity index (χ4v) is 3.73. The molecule has 1 aromatic carbocycles. The van der Waals surface area contributed by atoms with Crippen LogP contribution in [0.15, 0.2) is 24.3 Å². The van der Waals surface area contributed by atoms with Crippen LogP contribution in [0.4, 0.5) is 0 Å². The third kappa shape index (κ3) is 7.15. The van der Waals surface area contributed by atoms with E-state index in [1.54, 1.807) is 0 Å². The van der Waals surface area contributed by atoms with E-state index in [9.17, 15) is 14.4 Å². The second-order valence-corrected chi connectivity index (χ2v) is 9.28. The SMILES string of the molecule is Cc1ccc(C(=O)N2CCC(C(NC(=O)CC(C)C)C(=O)NCC(C)C)CC2)cc1. The van der Waals surface area contributed by atoms with Crippen molar-refractivity contribution < 1.29 is 14.4 Å². The van der Waals surface area contributed by atoms with Gasteiger partial charge in [-0.15, -0.1) is 0 Å². The summed E-state index contributed by atoms with van der Waals surface area (Å²) in [5, 5.41) is 5.94. The van der Waals surface area contributed by atoms with Crippen molar-refractivity contribution in [2.24, 2.45) is 17.8 Å². The third-order valence-electron chi connectivity index (χ3n) is 5.47. The van der Waals surface area contributed by atoms with Crippen molar-refractivity contribution in [2.45, 2.75) is 59.9 Å². The number of likely N-dealkylation sites (tertiary alicyclic amines) is 1. The molecule has 1 atom stereocenters. The zero-order valence-electron chi connectivity index (χ0n) is 19.0. The molecule has 30 heavy (non-hydrogen) atoms. The molecule has 0 aromatic heterocycles. The molecular formula is C24H37N3O3. The molecule has 1 fully saturated rings. The maximum atomic E-state index is 12.8. The van der Waals surface area contributed by atoms with Gasteiger partial charge in [0.15, 0.2) is 0 Å². The minimum atomic E-state index is -0.549. The fourth-order valence-electron chi connectivity index (χ4n) is 3.73. The van der Waals surface area contributed by atoms with Gasteiger partial charge in [-0.25, -0.2) is 0 Å². The van der Waals surface area contributed by atoms with E-state index in [1.165, 1.54) is 0 Å². The van der Waals surface area contributed by atoms with Crippen LogP contribution >= 0.6 is 0 Å². The van der Waals surface area contributed by atoms with E-state index in [0.717, 1.165) is 5.56 Å². The lowest BCUT2D eigenvalue weighted by Crippen LogP contribution is -2.54. The van der Waals surface area contributed by atoms with Gasteiger partial charge in [0.25, 0.3) is 5.91 Å². The van der Waals surface area contributed by atoms with Crippen molar-refractivity contribution in [1.82, 2.24) is 15.5 Å². The van der Waals surface area contributed by atoms with Gasteiger partial charge in [0.2, 0.25) is 11.8 Å². The lowest BCUT2D eigenvalue weighted by atomic mass is 9.88. The molecule has 0 bridgehead atoms. The largest absolute Gasteiger partial charge is 0.354 e. The predicted octanol–water partition coefficient (Wildman–Crippen LogP) is 3.15. The second-order valence-electron chi connectivity index (χ2n) is 9.28. The van der Waals surface area contributed by atoms with Crippen molar-refractivity contribution in [1.29, 1.82) is 0 Å². The first kappa shape index (κ1) is 23.9. The molecule has 0 aliphatic carbocycles. The lowest BCUT2D eigenvalue weighted by molar-refractivity contribution is -0.131. The topological polar surface area (TPSA) is 78.5 Å². The Morgan fingerprint density at radius 1 is 1.00 bits per heavy atom. The van der Waals surface area contributed by atoms with Crippen molar-refractivity contribution in [2.75, 3.05) is 19.6 Å². The molecule has 0 saturated carbocycles. The van der Waals surface area contributed by atoms with Crippen LogP contribution in [0, 0.1) is 24.7 Å². The normalized spacial score (nSPS) is 15.9. The van der Waals surface area contributed by atoms with E-state index < -0.39 is 6.04 Å². The first-order chi connectivity index (χ1) is 14.2. The van der Waals surface area contributed by atoms with Crippen LogP contribution in [-0.2, 0) is 9.59 Å². The van der Waals surface area contributed by atoms with Gasteiger partial charge >= 0.3 is 0 Å². The number of nitrogens with zero attached hydrogens (tertiary/aromatic N) is 1. The van der Waals surface area contributed by atoms with Crippen LogP contribution in [-0.4, -0.2) is 48.3 Å². The molecule has 1 aromatic rings. The summed E-state index contributed by atoms with van der Waals surface area (Å²) in [6, 6.07) is 7.06. The van der Waals surface area contributed by atoms with Crippen molar-refractivity contribution in [3.05, 3.63) is 35.4 Å². The standard InChI is InChI=1S/C24H37N3O3/c1-16(2)14-21(28)26-22(23(29)25-15-17(3)4)19-10-12-27(13-11-19)24(30)20-8-6-18(5)7-9-20/h6-9,16-17,19,22H,10-15H2,1-5H3,(H,25,29)(H,26,28). The number of aryl methyl sites for hydroxylation is 1. The van der Waals surface area contributed by atoms with Crippen LogP contribution < -0.4 is 10.6 Å². The van der Waals surface area contributed by atoms with Crippen molar-refractivity contribution >= 4 is 17.7 Å². The van der Waals surface area contributed by atoms with Gasteiger partial charge in [0.1, 0.15) is 6.04 Å². The number of nitrogens with one attached hydrogen (secondary N) is 2. The van der Waals surface area contributed by atoms with Crippen LogP contribution in [0.25, 0.3) is 0 Å². The Hall–Kier alpha value is -2.37. The summed E-state index contributed by atoms with van der Waals surface area (Å²) < 4.78 is 0. The number of carbonyl (C=O) groups is 3. The molecule has 6 nitrogen and oxygen atoms in total. The summed E-state index contributed by atoms with van der Waals surface area (Å²) in [6.07, 6.45) is 1.79. The molecule has 0 radical (unpaired) electrons. The summed E-state index contributed by atoms with van der Waals surface area (Å²) in [5.41, 5.74) is 1.81. The van der Waals surface area contributed by atoms with Crippen LogP contribution in [0.3, 0.4) is 0 Å². The molecule has 6 heteroatoms. The smallest absolute Gasteiger partial charge is 0.253 e. The number of benzene rings is 1. The van der Waals surface area contributed by atoms with Gasteiger partial charge < -0.3 is 15.5 Å². The molecule has 0 spiro atoms. The molecule has 1 unspecified atom stereocenters. The number of piperidine rings is 1. The second kappa shape index (κ2) is 11.1. The van der Waals surface area contributed by atoms with Crippen LogP contribution in [0.1, 0.15) is 62.9 Å². The Bertz CT molecular complexity index is 720. The molecule has 1 heterocycles. The highest BCUT2D eigenvalue weighted by molar-refractivity contribution is 5.94. The molecule has 3 amide bonds. The number of hydrogen-bond donors (Lipinski definition) is 2. The Morgan fingerprint density at radius 3 is 2.13 bits per heavy atom. The Morgan fingerprint density at radius 2 is 1.60 bits per heavy atom. The van der Waals surface area contributed by atoms with Crippen molar-refractivity contribution in [3.8, 4) is 0 Å². The highest BCUT2D eigenvalue weighted by atomic mass is 16.2. The zero-order chi connectivity index (χ0) is 22.3. The van der Waals surface area contributed by atoms with Crippen LogP contribution in [0.5, 0.6) is 0 Å². The first-order valence-corrected chi connectivity index (χ1v) is 11.1. The summed E-state index contributed by atoms with van der Waals surface area (Å²) in [7, 11) is 0. The third-order valence-corrected chi connectivity index (χ3v) is 5.47. The van der Waals surface area contributed by atoms with E-state index in [0.29, 0.717) is 50.4 Å². The van der Waals surface area contributed by atoms with Gasteiger partial charge in [-0.3, -0.25) is 14.4 Å². The summed E-state index contributed by atoms with van der Waals surface area (Å²) in [6.45, 7) is 11.8. The van der Waals surface area contributed by atoms with E-state index in [4.69, 9.17) is 0 Å². The summed E-state index contributed by atoms with van der Waals surface area (Å²) in [4.78, 5) is 39.8. The highest BCUT2D eigenvalue weighted by Crippen LogP contribution is 2.23. The minimum absolute atomic E-state index is 0.0235. The quantitative estimate of drug-likeness (QED) is 0.685. The Labute approximate surface area is 180 Å². The van der Waals surface area contributed by atoms with Gasteiger partial charge in [-0.05, 0) is 49.7 Å². The maximum absolute atomic E-state index is 12.8. The Balaban J connectivity index is 2.01. The van der Waals surface area contributed by atoms with Crippen molar-refractivity contribution in [3.63, 3.8) is 0 Å². The van der Waals surface area contributed by atoms with E-state index in [-0.39, 0.29) is 29.6 Å². The molecule has 1 aliphatic heterocycles. The Kier molecular flexibility index (Phi) is 8.88. The molecule has 2 rings (SSSR count). The van der Waals surface area contributed by atoms with Gasteiger partial charge in [-0.1, -0.05) is 45.4 Å². The van der Waals surface area contributed by atoms with E-state index >= 15 is 0 Å². The van der Waals surface area contributed by atoms with Gasteiger partial charge in [0.05, 0.1) is 0 Å². The molecule has 2 N–H and O–H groups in total. The monoisotopic (exact) mass is 415 g/mol. The average Bonchev–Trinajstić information content (AvgIpc) is 2.70. The summed E-state index contributed by atoms with van der Waals surface area (Å²) >= 11 is 0. The maximum Gasteiger partial charge on any atom is 0.253 e. The number of hydrogen-bond acceptors (Lipinski definition) is 3. The first-order valence-electron chi connectivity index (χ1n) is 11.1. The molecule has 1 aliphatic rings. The van der Waals surface area contributed by atoms with Gasteiger partial charge in [-0.2, -0.15) is 0 Å². The minimum Gasteiger partial charge on any atom is -0.354 e. The van der Waals surface area contributed by atoms with E-state index in [1.807, 2.05) is 63.8 Å². The zero-order valence-corrected chi connectivity index (χ0v) is 19.0. The molecule has 166 valence electrons. The van der Waals surface area contributed by atoms with Crippen LogP contribution in [0.2, 0.25) is 0 Å². The summed E-state index contributed by atoms with van der Waals surface area (Å²) in [5.74, 6) is 0.415. The average molecular weight is 416 g/mol. The van der Waals surface area contributed by atoms with Gasteiger partial charge in [0, 0.05) is 31.6 Å². The lowest BCUT2D eigenvalue weighted by Gasteiger charge is -2.36. The van der Waals surface area contributed by atoms with E-state index in [2.05, 4.69) is 10.6 Å². The predicted molar refractivity (Wildman–Crippen MR) is 119 cm³/mol. The number of amides is 3.